The molecule has 1 fully saturated rings. The number of esters is 1. The number of hydrogen-bond acceptors (Lipinski definition) is 4. The maximum absolute atomic E-state index is 10.7. The zero-order valence-corrected chi connectivity index (χ0v) is 6.61. The van der Waals surface area contributed by atoms with Gasteiger partial charge in [-0.1, -0.05) is 0 Å². The van der Waals surface area contributed by atoms with E-state index < -0.39 is 12.2 Å². The molecule has 0 radical (unpaired) electrons. The summed E-state index contributed by atoms with van der Waals surface area (Å²) >= 11 is 0. The SMILES string of the molecule is COC1CC(=O)OC1[C@@H](C)O. The summed E-state index contributed by atoms with van der Waals surface area (Å²) in [5.41, 5.74) is 0. The molecule has 1 aliphatic rings. The number of rotatable bonds is 2. The highest BCUT2D eigenvalue weighted by Crippen LogP contribution is 2.20. The van der Waals surface area contributed by atoms with Gasteiger partial charge >= 0.3 is 5.97 Å². The standard InChI is InChI=1S/C7H12O4/c1-4(8)7-5(10-2)3-6(9)11-7/h4-5,7-8H,3H2,1-2H3/t4-,5?,7?/m1/s1. The lowest BCUT2D eigenvalue weighted by atomic mass is 10.1. The molecule has 1 aliphatic heterocycles. The molecule has 0 aliphatic carbocycles. The van der Waals surface area contributed by atoms with E-state index in [0.717, 1.165) is 0 Å². The van der Waals surface area contributed by atoms with Crippen LogP contribution in [0.1, 0.15) is 13.3 Å². The predicted molar refractivity (Wildman–Crippen MR) is 37.0 cm³/mol. The van der Waals surface area contributed by atoms with E-state index in [1.807, 2.05) is 0 Å². The van der Waals surface area contributed by atoms with Crippen LogP contribution in [0.4, 0.5) is 0 Å². The summed E-state index contributed by atoms with van der Waals surface area (Å²) in [4.78, 5) is 10.7. The number of aliphatic hydroxyl groups is 1. The van der Waals surface area contributed by atoms with Gasteiger partial charge in [-0.2, -0.15) is 0 Å². The van der Waals surface area contributed by atoms with Gasteiger partial charge in [-0.05, 0) is 6.92 Å². The van der Waals surface area contributed by atoms with Gasteiger partial charge in [0.1, 0.15) is 6.10 Å². The summed E-state index contributed by atoms with van der Waals surface area (Å²) in [5.74, 6) is -0.303. The fraction of sp³-hybridized carbons (Fsp3) is 0.857. The number of ether oxygens (including phenoxy) is 2. The molecule has 11 heavy (non-hydrogen) atoms. The molecule has 0 aromatic carbocycles. The van der Waals surface area contributed by atoms with E-state index in [0.29, 0.717) is 0 Å². The Morgan fingerprint density at radius 1 is 1.82 bits per heavy atom. The van der Waals surface area contributed by atoms with Crippen molar-refractivity contribution >= 4 is 5.97 Å². The number of carbonyl (C=O) groups is 1. The molecule has 1 heterocycles. The van der Waals surface area contributed by atoms with Crippen molar-refractivity contribution in [1.29, 1.82) is 0 Å². The molecule has 1 saturated heterocycles. The zero-order valence-electron chi connectivity index (χ0n) is 6.61. The minimum Gasteiger partial charge on any atom is -0.457 e. The van der Waals surface area contributed by atoms with Gasteiger partial charge in [0, 0.05) is 7.11 Å². The van der Waals surface area contributed by atoms with Crippen LogP contribution in [0.5, 0.6) is 0 Å². The molecule has 0 aromatic heterocycles. The molecule has 0 bridgehead atoms. The molecule has 2 unspecified atom stereocenters. The van der Waals surface area contributed by atoms with Gasteiger partial charge in [0.05, 0.1) is 12.5 Å². The van der Waals surface area contributed by atoms with Crippen molar-refractivity contribution in [2.45, 2.75) is 31.7 Å². The van der Waals surface area contributed by atoms with Gasteiger partial charge in [0.15, 0.2) is 6.10 Å². The van der Waals surface area contributed by atoms with Crippen LogP contribution in [0.3, 0.4) is 0 Å². The van der Waals surface area contributed by atoms with Crippen LogP contribution in [-0.4, -0.2) is 36.5 Å². The minimum atomic E-state index is -0.661. The predicted octanol–water partition coefficient (Wildman–Crippen LogP) is -0.302. The summed E-state index contributed by atoms with van der Waals surface area (Å²) < 4.78 is 9.76. The monoisotopic (exact) mass is 160 g/mol. The second kappa shape index (κ2) is 3.19. The normalized spacial score (nSPS) is 33.5. The summed E-state index contributed by atoms with van der Waals surface area (Å²) in [6.45, 7) is 1.58. The van der Waals surface area contributed by atoms with E-state index in [9.17, 15) is 4.79 Å². The topological polar surface area (TPSA) is 55.8 Å². The maximum Gasteiger partial charge on any atom is 0.309 e. The first kappa shape index (κ1) is 8.49. The molecule has 1 rings (SSSR count). The quantitative estimate of drug-likeness (QED) is 0.563. The molecule has 0 amide bonds. The minimum absolute atomic E-state index is 0.242. The van der Waals surface area contributed by atoms with Crippen molar-refractivity contribution in [2.24, 2.45) is 0 Å². The molecular formula is C7H12O4. The van der Waals surface area contributed by atoms with Crippen LogP contribution in [0.25, 0.3) is 0 Å². The lowest BCUT2D eigenvalue weighted by Crippen LogP contribution is -2.33. The fourth-order valence-electron chi connectivity index (χ4n) is 1.18. The summed E-state index contributed by atoms with van der Waals surface area (Å²) in [6.07, 6.45) is -1.20. The Bertz CT molecular complexity index is 155. The third-order valence-electron chi connectivity index (χ3n) is 1.78. The van der Waals surface area contributed by atoms with Gasteiger partial charge in [-0.15, -0.1) is 0 Å². The number of methoxy groups -OCH3 is 1. The van der Waals surface area contributed by atoms with Crippen molar-refractivity contribution in [2.75, 3.05) is 7.11 Å². The average Bonchev–Trinajstić information content (AvgIpc) is 2.30. The first-order valence-electron chi connectivity index (χ1n) is 3.55. The first-order chi connectivity index (χ1) is 5.15. The van der Waals surface area contributed by atoms with E-state index in [1.54, 1.807) is 6.92 Å². The summed E-state index contributed by atoms with van der Waals surface area (Å²) in [6, 6.07) is 0. The van der Waals surface area contributed by atoms with E-state index in [4.69, 9.17) is 14.6 Å². The van der Waals surface area contributed by atoms with Gasteiger partial charge in [-0.25, -0.2) is 0 Å². The van der Waals surface area contributed by atoms with E-state index >= 15 is 0 Å². The third-order valence-corrected chi connectivity index (χ3v) is 1.78. The average molecular weight is 160 g/mol. The van der Waals surface area contributed by atoms with Crippen LogP contribution in [0.15, 0.2) is 0 Å². The number of carbonyl (C=O) groups excluding carboxylic acids is 1. The van der Waals surface area contributed by atoms with Crippen LogP contribution in [0, 0.1) is 0 Å². The molecule has 0 saturated carbocycles. The maximum atomic E-state index is 10.7. The summed E-state index contributed by atoms with van der Waals surface area (Å²) in [5, 5.41) is 9.11. The van der Waals surface area contributed by atoms with Crippen LogP contribution < -0.4 is 0 Å². The number of hydrogen-bond donors (Lipinski definition) is 1. The summed E-state index contributed by atoms with van der Waals surface area (Å²) in [7, 11) is 1.50. The second-order valence-corrected chi connectivity index (χ2v) is 2.67. The highest BCUT2D eigenvalue weighted by atomic mass is 16.6. The Morgan fingerprint density at radius 3 is 2.82 bits per heavy atom. The first-order valence-corrected chi connectivity index (χ1v) is 3.55. The molecule has 3 atom stereocenters. The van der Waals surface area contributed by atoms with Crippen molar-refractivity contribution in [1.82, 2.24) is 0 Å². The number of aliphatic hydroxyl groups excluding tert-OH is 1. The Labute approximate surface area is 65.1 Å². The largest absolute Gasteiger partial charge is 0.457 e. The van der Waals surface area contributed by atoms with Crippen LogP contribution in [0.2, 0.25) is 0 Å². The van der Waals surface area contributed by atoms with Gasteiger partial charge in [-0.3, -0.25) is 4.79 Å². The Kier molecular flexibility index (Phi) is 2.46. The molecule has 0 spiro atoms. The highest BCUT2D eigenvalue weighted by Gasteiger charge is 2.37. The van der Waals surface area contributed by atoms with Crippen molar-refractivity contribution in [3.63, 3.8) is 0 Å². The molecule has 1 N–H and O–H groups in total. The lowest BCUT2D eigenvalue weighted by Gasteiger charge is -2.18. The highest BCUT2D eigenvalue weighted by molar-refractivity contribution is 5.72. The Balaban J connectivity index is 2.57. The Morgan fingerprint density at radius 2 is 2.45 bits per heavy atom. The van der Waals surface area contributed by atoms with Gasteiger partial charge in [0.25, 0.3) is 0 Å². The molecule has 64 valence electrons. The van der Waals surface area contributed by atoms with Crippen molar-refractivity contribution in [3.05, 3.63) is 0 Å². The van der Waals surface area contributed by atoms with Crippen molar-refractivity contribution in [3.8, 4) is 0 Å². The smallest absolute Gasteiger partial charge is 0.309 e. The fourth-order valence-corrected chi connectivity index (χ4v) is 1.18. The van der Waals surface area contributed by atoms with E-state index in [2.05, 4.69) is 0 Å². The zero-order chi connectivity index (χ0) is 8.43. The van der Waals surface area contributed by atoms with E-state index in [-0.39, 0.29) is 18.5 Å². The third kappa shape index (κ3) is 1.70. The molecule has 4 nitrogen and oxygen atoms in total. The van der Waals surface area contributed by atoms with Crippen LogP contribution in [-0.2, 0) is 14.3 Å². The second-order valence-electron chi connectivity index (χ2n) is 2.67. The van der Waals surface area contributed by atoms with Crippen molar-refractivity contribution < 1.29 is 19.4 Å². The van der Waals surface area contributed by atoms with Crippen LogP contribution >= 0.6 is 0 Å². The van der Waals surface area contributed by atoms with Gasteiger partial charge < -0.3 is 14.6 Å². The van der Waals surface area contributed by atoms with E-state index in [1.165, 1.54) is 7.11 Å². The Hall–Kier alpha value is -0.610. The molecule has 0 aromatic rings. The molecular weight excluding hydrogens is 148 g/mol. The number of cyclic esters (lactones) is 1. The molecule has 4 heteroatoms. The lowest BCUT2D eigenvalue weighted by molar-refractivity contribution is -0.146. The van der Waals surface area contributed by atoms with Gasteiger partial charge in [0.2, 0.25) is 0 Å².